The summed E-state index contributed by atoms with van der Waals surface area (Å²) >= 11 is 0. The van der Waals surface area contributed by atoms with Crippen molar-refractivity contribution >= 4 is 10.9 Å². The number of aromatic nitrogens is 1. The first-order valence-corrected chi connectivity index (χ1v) is 14.0. The van der Waals surface area contributed by atoms with Gasteiger partial charge in [-0.3, -0.25) is 4.98 Å². The van der Waals surface area contributed by atoms with Gasteiger partial charge in [-0.15, -0.1) is 0 Å². The van der Waals surface area contributed by atoms with Gasteiger partial charge < -0.3 is 29.4 Å². The predicted molar refractivity (Wildman–Crippen MR) is 155 cm³/mol. The van der Waals surface area contributed by atoms with Crippen molar-refractivity contribution in [3.8, 4) is 5.75 Å². The van der Waals surface area contributed by atoms with Crippen molar-refractivity contribution in [2.75, 3.05) is 39.5 Å². The standard InChI is InChI=1S/C33H38N2O5/c36-16-19-39-31-21-34-22-32(40-24-26-9-10-27-8-4-15-35-30(27)20-26)33(31)28-11-13-29(14-12-28)38-18-5-17-37-23-25-6-2-1-3-7-25/h1-4,6-15,20,31-34,36H,5,16-19,21-24H2. The van der Waals surface area contributed by atoms with E-state index in [-0.39, 0.29) is 24.7 Å². The Morgan fingerprint density at radius 3 is 2.42 bits per heavy atom. The van der Waals surface area contributed by atoms with E-state index in [2.05, 4.69) is 58.8 Å². The van der Waals surface area contributed by atoms with Crippen LogP contribution in [0, 0.1) is 0 Å². The molecule has 7 heteroatoms. The zero-order valence-corrected chi connectivity index (χ0v) is 22.8. The monoisotopic (exact) mass is 542 g/mol. The van der Waals surface area contributed by atoms with Crippen LogP contribution < -0.4 is 10.1 Å². The first-order chi connectivity index (χ1) is 19.8. The maximum absolute atomic E-state index is 9.38. The average Bonchev–Trinajstić information content (AvgIpc) is 3.01. The van der Waals surface area contributed by atoms with E-state index in [1.807, 2.05) is 42.6 Å². The Morgan fingerprint density at radius 2 is 1.60 bits per heavy atom. The minimum atomic E-state index is -0.113. The molecular weight excluding hydrogens is 504 g/mol. The second kappa shape index (κ2) is 14.9. The van der Waals surface area contributed by atoms with Crippen LogP contribution in [0.1, 0.15) is 29.0 Å². The van der Waals surface area contributed by atoms with E-state index in [9.17, 15) is 5.11 Å². The summed E-state index contributed by atoms with van der Waals surface area (Å²) < 4.78 is 24.3. The number of aliphatic hydroxyl groups is 1. The molecule has 40 heavy (non-hydrogen) atoms. The largest absolute Gasteiger partial charge is 0.494 e. The zero-order chi connectivity index (χ0) is 27.4. The van der Waals surface area contributed by atoms with E-state index < -0.39 is 0 Å². The number of hydrogen-bond donors (Lipinski definition) is 2. The highest BCUT2D eigenvalue weighted by Gasteiger charge is 2.36. The lowest BCUT2D eigenvalue weighted by Gasteiger charge is -2.38. The summed E-state index contributed by atoms with van der Waals surface area (Å²) in [5.41, 5.74) is 4.35. The van der Waals surface area contributed by atoms with Crippen molar-refractivity contribution in [1.29, 1.82) is 0 Å². The van der Waals surface area contributed by atoms with Gasteiger partial charge in [0.25, 0.3) is 0 Å². The van der Waals surface area contributed by atoms with Crippen LogP contribution in [0.25, 0.3) is 10.9 Å². The molecule has 1 saturated heterocycles. The molecule has 1 fully saturated rings. The van der Waals surface area contributed by atoms with Crippen LogP contribution >= 0.6 is 0 Å². The summed E-state index contributed by atoms with van der Waals surface area (Å²) in [4.78, 5) is 4.47. The normalized spacial score (nSPS) is 19.1. The van der Waals surface area contributed by atoms with Crippen molar-refractivity contribution in [2.45, 2.75) is 37.8 Å². The molecule has 2 N–H and O–H groups in total. The molecule has 0 amide bonds. The zero-order valence-electron chi connectivity index (χ0n) is 22.8. The van der Waals surface area contributed by atoms with Crippen molar-refractivity contribution in [3.05, 3.63) is 108 Å². The summed E-state index contributed by atoms with van der Waals surface area (Å²) in [7, 11) is 0. The molecule has 5 rings (SSSR count). The number of ether oxygens (including phenoxy) is 4. The number of hydrogen-bond acceptors (Lipinski definition) is 7. The number of nitrogens with zero attached hydrogens (tertiary/aromatic N) is 1. The number of piperidine rings is 1. The lowest BCUT2D eigenvalue weighted by atomic mass is 9.85. The SMILES string of the molecule is OCCOC1CNCC(OCc2ccc3cccnc3c2)C1c1ccc(OCCCOCc2ccccc2)cc1. The molecule has 3 aromatic carbocycles. The van der Waals surface area contributed by atoms with Gasteiger partial charge in [0.1, 0.15) is 5.75 Å². The van der Waals surface area contributed by atoms with Crippen LogP contribution in [0.3, 0.4) is 0 Å². The number of fused-ring (bicyclic) bond motifs is 1. The Hall–Kier alpha value is -3.33. The minimum Gasteiger partial charge on any atom is -0.494 e. The summed E-state index contributed by atoms with van der Waals surface area (Å²) in [5.74, 6) is 0.849. The lowest BCUT2D eigenvalue weighted by molar-refractivity contribution is -0.0654. The van der Waals surface area contributed by atoms with Gasteiger partial charge in [-0.1, -0.05) is 60.7 Å². The average molecular weight is 543 g/mol. The fourth-order valence-corrected chi connectivity index (χ4v) is 5.13. The molecule has 0 spiro atoms. The third kappa shape index (κ3) is 7.87. The third-order valence-corrected chi connectivity index (χ3v) is 7.13. The molecule has 0 bridgehead atoms. The Bertz CT molecular complexity index is 1300. The maximum Gasteiger partial charge on any atom is 0.119 e. The van der Waals surface area contributed by atoms with Crippen LogP contribution in [0.2, 0.25) is 0 Å². The van der Waals surface area contributed by atoms with Crippen LogP contribution in [0.5, 0.6) is 5.75 Å². The van der Waals surface area contributed by atoms with Crippen molar-refractivity contribution in [3.63, 3.8) is 0 Å². The van der Waals surface area contributed by atoms with Crippen molar-refractivity contribution < 1.29 is 24.1 Å². The quantitative estimate of drug-likeness (QED) is 0.220. The Labute approximate surface area is 236 Å². The molecule has 0 radical (unpaired) electrons. The summed E-state index contributed by atoms with van der Waals surface area (Å²) in [5, 5.41) is 13.9. The van der Waals surface area contributed by atoms with E-state index in [0.717, 1.165) is 40.7 Å². The second-order valence-electron chi connectivity index (χ2n) is 10.0. The van der Waals surface area contributed by atoms with Crippen molar-refractivity contribution in [1.82, 2.24) is 10.3 Å². The van der Waals surface area contributed by atoms with Gasteiger partial charge in [0.15, 0.2) is 0 Å². The summed E-state index contributed by atoms with van der Waals surface area (Å²) in [6.45, 7) is 4.04. The van der Waals surface area contributed by atoms with Crippen molar-refractivity contribution in [2.24, 2.45) is 0 Å². The van der Waals surface area contributed by atoms with E-state index in [0.29, 0.717) is 39.6 Å². The number of pyridine rings is 1. The number of rotatable bonds is 14. The first-order valence-electron chi connectivity index (χ1n) is 14.0. The first kappa shape index (κ1) is 28.2. The molecule has 4 aromatic rings. The van der Waals surface area contributed by atoms with Gasteiger partial charge in [0.05, 0.1) is 57.4 Å². The highest BCUT2D eigenvalue weighted by atomic mass is 16.5. The minimum absolute atomic E-state index is 0.0132. The van der Waals surface area contributed by atoms with Gasteiger partial charge in [0.2, 0.25) is 0 Å². The number of benzene rings is 3. The summed E-state index contributed by atoms with van der Waals surface area (Å²) in [6, 6.07) is 28.7. The van der Waals surface area contributed by atoms with Crippen LogP contribution in [-0.2, 0) is 27.4 Å². The van der Waals surface area contributed by atoms with Gasteiger partial charge in [0, 0.05) is 37.0 Å². The van der Waals surface area contributed by atoms with E-state index >= 15 is 0 Å². The fourth-order valence-electron chi connectivity index (χ4n) is 5.13. The highest BCUT2D eigenvalue weighted by molar-refractivity contribution is 5.78. The molecule has 2 heterocycles. The second-order valence-corrected chi connectivity index (χ2v) is 10.0. The van der Waals surface area contributed by atoms with Gasteiger partial charge in [-0.25, -0.2) is 0 Å². The molecule has 0 aliphatic carbocycles. The van der Waals surface area contributed by atoms with Gasteiger partial charge in [-0.2, -0.15) is 0 Å². The Morgan fingerprint density at radius 1 is 0.775 bits per heavy atom. The molecule has 0 saturated carbocycles. The molecule has 3 atom stereocenters. The van der Waals surface area contributed by atoms with E-state index in [4.69, 9.17) is 18.9 Å². The Balaban J connectivity index is 1.17. The maximum atomic E-state index is 9.38. The number of aliphatic hydroxyl groups excluding tert-OH is 1. The molecule has 1 aliphatic heterocycles. The third-order valence-electron chi connectivity index (χ3n) is 7.13. The number of nitrogens with one attached hydrogen (secondary N) is 1. The van der Waals surface area contributed by atoms with Gasteiger partial charge >= 0.3 is 0 Å². The van der Waals surface area contributed by atoms with Crippen LogP contribution in [0.4, 0.5) is 0 Å². The smallest absolute Gasteiger partial charge is 0.119 e. The fraction of sp³-hybridized carbons (Fsp3) is 0.364. The molecule has 3 unspecified atom stereocenters. The molecule has 7 nitrogen and oxygen atoms in total. The molecule has 210 valence electrons. The molecule has 1 aromatic heterocycles. The van der Waals surface area contributed by atoms with E-state index in [1.54, 1.807) is 0 Å². The van der Waals surface area contributed by atoms with Crippen LogP contribution in [-0.4, -0.2) is 61.8 Å². The predicted octanol–water partition coefficient (Wildman–Crippen LogP) is 4.87. The molecular formula is C33H38N2O5. The van der Waals surface area contributed by atoms with E-state index in [1.165, 1.54) is 5.56 Å². The molecule has 1 aliphatic rings. The van der Waals surface area contributed by atoms with Crippen LogP contribution in [0.15, 0.2) is 91.1 Å². The topological polar surface area (TPSA) is 82.1 Å². The lowest BCUT2D eigenvalue weighted by Crippen LogP contribution is -2.50. The Kier molecular flexibility index (Phi) is 10.5. The van der Waals surface area contributed by atoms with Gasteiger partial charge in [-0.05, 0) is 41.0 Å². The highest BCUT2D eigenvalue weighted by Crippen LogP contribution is 2.32. The summed E-state index contributed by atoms with van der Waals surface area (Å²) in [6.07, 6.45) is 2.42.